The number of carbonyl (C=O) groups is 1. The van der Waals surface area contributed by atoms with Crippen molar-refractivity contribution in [2.75, 3.05) is 12.4 Å². The molecule has 6 heteroatoms. The summed E-state index contributed by atoms with van der Waals surface area (Å²) in [6.45, 7) is 2.03. The average Bonchev–Trinajstić information content (AvgIpc) is 3.17. The third kappa shape index (κ3) is 3.76. The van der Waals surface area contributed by atoms with Gasteiger partial charge in [0.1, 0.15) is 5.75 Å². The standard InChI is InChI=1S/C18H23N3O2S/c1-11-6-7-16(23-2)13(8-11)15-10-24-18(20-15)21-17(22)9-12-4-3-5-14(12)19/h6-8,10,12,14H,3-5,9,19H2,1-2H3,(H,20,21,22)/t12-,14+/m0/s1. The quantitative estimate of drug-likeness (QED) is 0.868. The van der Waals surface area contributed by atoms with Crippen LogP contribution in [0.25, 0.3) is 11.3 Å². The van der Waals surface area contributed by atoms with E-state index in [4.69, 9.17) is 10.5 Å². The number of anilines is 1. The molecule has 5 nitrogen and oxygen atoms in total. The molecule has 1 aromatic carbocycles. The second-order valence-corrected chi connectivity index (χ2v) is 7.21. The maximum Gasteiger partial charge on any atom is 0.226 e. The minimum atomic E-state index is -0.00513. The van der Waals surface area contributed by atoms with Gasteiger partial charge in [0.05, 0.1) is 12.8 Å². The topological polar surface area (TPSA) is 77.2 Å². The van der Waals surface area contributed by atoms with Crippen LogP contribution in [0.1, 0.15) is 31.2 Å². The van der Waals surface area contributed by atoms with Gasteiger partial charge in [0.25, 0.3) is 0 Å². The number of rotatable bonds is 5. The molecule has 1 amide bonds. The molecule has 2 atom stereocenters. The molecule has 1 aromatic heterocycles. The Balaban J connectivity index is 1.69. The lowest BCUT2D eigenvalue weighted by molar-refractivity contribution is -0.117. The number of aryl methyl sites for hydroxylation is 1. The molecular formula is C18H23N3O2S. The van der Waals surface area contributed by atoms with Gasteiger partial charge in [0.15, 0.2) is 5.13 Å². The molecule has 0 aliphatic heterocycles. The van der Waals surface area contributed by atoms with Crippen LogP contribution in [0.5, 0.6) is 5.75 Å². The third-order valence-electron chi connectivity index (χ3n) is 4.55. The van der Waals surface area contributed by atoms with E-state index in [2.05, 4.69) is 10.3 Å². The fraction of sp³-hybridized carbons (Fsp3) is 0.444. The van der Waals surface area contributed by atoms with Gasteiger partial charge in [-0.2, -0.15) is 0 Å². The fourth-order valence-corrected chi connectivity index (χ4v) is 3.93. The van der Waals surface area contributed by atoms with E-state index in [1.165, 1.54) is 11.3 Å². The van der Waals surface area contributed by atoms with Crippen molar-refractivity contribution in [2.45, 2.75) is 38.6 Å². The SMILES string of the molecule is COc1ccc(C)cc1-c1csc(NC(=O)C[C@@H]2CCC[C@H]2N)n1. The minimum Gasteiger partial charge on any atom is -0.496 e. The lowest BCUT2D eigenvalue weighted by Gasteiger charge is -2.13. The molecule has 0 unspecified atom stereocenters. The van der Waals surface area contributed by atoms with Crippen LogP contribution in [-0.2, 0) is 4.79 Å². The second-order valence-electron chi connectivity index (χ2n) is 6.35. The molecule has 1 heterocycles. The van der Waals surface area contributed by atoms with E-state index in [0.29, 0.717) is 17.5 Å². The molecule has 24 heavy (non-hydrogen) atoms. The van der Waals surface area contributed by atoms with Crippen molar-refractivity contribution in [1.29, 1.82) is 0 Å². The number of amides is 1. The number of hydrogen-bond acceptors (Lipinski definition) is 5. The lowest BCUT2D eigenvalue weighted by Crippen LogP contribution is -2.28. The Morgan fingerprint density at radius 3 is 3.00 bits per heavy atom. The number of thiazole rings is 1. The van der Waals surface area contributed by atoms with Gasteiger partial charge >= 0.3 is 0 Å². The maximum atomic E-state index is 12.2. The van der Waals surface area contributed by atoms with Crippen LogP contribution >= 0.6 is 11.3 Å². The fourth-order valence-electron chi connectivity index (χ4n) is 3.20. The third-order valence-corrected chi connectivity index (χ3v) is 5.30. The van der Waals surface area contributed by atoms with E-state index in [1.807, 2.05) is 30.5 Å². The molecule has 3 N–H and O–H groups in total. The number of nitrogens with zero attached hydrogens (tertiary/aromatic N) is 1. The van der Waals surface area contributed by atoms with Gasteiger partial charge in [-0.3, -0.25) is 4.79 Å². The highest BCUT2D eigenvalue weighted by molar-refractivity contribution is 7.14. The molecule has 0 spiro atoms. The largest absolute Gasteiger partial charge is 0.496 e. The lowest BCUT2D eigenvalue weighted by atomic mass is 10.00. The zero-order valence-corrected chi connectivity index (χ0v) is 14.9. The summed E-state index contributed by atoms with van der Waals surface area (Å²) in [5.41, 5.74) is 8.93. The van der Waals surface area contributed by atoms with E-state index < -0.39 is 0 Å². The summed E-state index contributed by atoms with van der Waals surface area (Å²) in [4.78, 5) is 16.8. The summed E-state index contributed by atoms with van der Waals surface area (Å²) < 4.78 is 5.41. The number of methoxy groups -OCH3 is 1. The molecule has 0 saturated heterocycles. The first-order valence-electron chi connectivity index (χ1n) is 8.23. The number of nitrogens with two attached hydrogens (primary N) is 1. The molecular weight excluding hydrogens is 322 g/mol. The average molecular weight is 345 g/mol. The molecule has 0 bridgehead atoms. The second kappa shape index (κ2) is 7.32. The first-order valence-corrected chi connectivity index (χ1v) is 9.10. The molecule has 0 radical (unpaired) electrons. The summed E-state index contributed by atoms with van der Waals surface area (Å²) in [5, 5.41) is 5.46. The molecule has 1 aliphatic rings. The van der Waals surface area contributed by atoms with Gasteiger partial charge in [0, 0.05) is 23.4 Å². The van der Waals surface area contributed by atoms with Crippen molar-refractivity contribution in [1.82, 2.24) is 4.98 Å². The number of hydrogen-bond donors (Lipinski definition) is 2. The van der Waals surface area contributed by atoms with Gasteiger partial charge in [-0.05, 0) is 37.8 Å². The molecule has 128 valence electrons. The Morgan fingerprint density at radius 1 is 1.46 bits per heavy atom. The van der Waals surface area contributed by atoms with E-state index in [1.54, 1.807) is 7.11 Å². The van der Waals surface area contributed by atoms with Crippen molar-refractivity contribution >= 4 is 22.4 Å². The van der Waals surface area contributed by atoms with Crippen LogP contribution in [0, 0.1) is 12.8 Å². The van der Waals surface area contributed by atoms with E-state index in [9.17, 15) is 4.79 Å². The van der Waals surface area contributed by atoms with Gasteiger partial charge in [-0.15, -0.1) is 11.3 Å². The van der Waals surface area contributed by atoms with E-state index in [-0.39, 0.29) is 11.9 Å². The Labute approximate surface area is 146 Å². The highest BCUT2D eigenvalue weighted by Crippen LogP contribution is 2.33. The van der Waals surface area contributed by atoms with Crippen LogP contribution in [0.4, 0.5) is 5.13 Å². The number of ether oxygens (including phenoxy) is 1. The summed E-state index contributed by atoms with van der Waals surface area (Å²) in [7, 11) is 1.65. The van der Waals surface area contributed by atoms with Crippen LogP contribution in [0.3, 0.4) is 0 Å². The Morgan fingerprint density at radius 2 is 2.29 bits per heavy atom. The predicted molar refractivity (Wildman–Crippen MR) is 97.4 cm³/mol. The van der Waals surface area contributed by atoms with Crippen LogP contribution in [0.15, 0.2) is 23.6 Å². The van der Waals surface area contributed by atoms with Crippen molar-refractivity contribution in [3.63, 3.8) is 0 Å². The van der Waals surface area contributed by atoms with E-state index >= 15 is 0 Å². The maximum absolute atomic E-state index is 12.2. The first-order chi connectivity index (χ1) is 11.6. The molecule has 1 aliphatic carbocycles. The zero-order valence-electron chi connectivity index (χ0n) is 14.0. The Bertz CT molecular complexity index is 729. The predicted octanol–water partition coefficient (Wildman–Crippen LogP) is 3.58. The number of nitrogens with one attached hydrogen (secondary N) is 1. The molecule has 1 fully saturated rings. The van der Waals surface area contributed by atoms with Crippen molar-refractivity contribution in [3.8, 4) is 17.0 Å². The molecule has 3 rings (SSSR count). The van der Waals surface area contributed by atoms with Gasteiger partial charge in [0.2, 0.25) is 5.91 Å². The van der Waals surface area contributed by atoms with Crippen LogP contribution in [0.2, 0.25) is 0 Å². The number of carbonyl (C=O) groups excluding carboxylic acids is 1. The highest BCUT2D eigenvalue weighted by atomic mass is 32.1. The van der Waals surface area contributed by atoms with Crippen molar-refractivity contribution < 1.29 is 9.53 Å². The smallest absolute Gasteiger partial charge is 0.226 e. The molecule has 1 saturated carbocycles. The van der Waals surface area contributed by atoms with Gasteiger partial charge < -0.3 is 15.8 Å². The number of benzene rings is 1. The van der Waals surface area contributed by atoms with Gasteiger partial charge in [-0.1, -0.05) is 18.1 Å². The van der Waals surface area contributed by atoms with Crippen LogP contribution in [-0.4, -0.2) is 24.0 Å². The van der Waals surface area contributed by atoms with Crippen molar-refractivity contribution in [2.24, 2.45) is 11.7 Å². The Kier molecular flexibility index (Phi) is 5.16. The summed E-state index contributed by atoms with van der Waals surface area (Å²) in [6, 6.07) is 6.13. The summed E-state index contributed by atoms with van der Waals surface area (Å²) >= 11 is 1.43. The minimum absolute atomic E-state index is 0.00513. The van der Waals surface area contributed by atoms with E-state index in [0.717, 1.165) is 41.8 Å². The van der Waals surface area contributed by atoms with Gasteiger partial charge in [-0.25, -0.2) is 4.98 Å². The number of aromatic nitrogens is 1. The normalized spacial score (nSPS) is 20.1. The van der Waals surface area contributed by atoms with Crippen molar-refractivity contribution in [3.05, 3.63) is 29.1 Å². The summed E-state index contributed by atoms with van der Waals surface area (Å²) in [5.74, 6) is 1.07. The zero-order chi connectivity index (χ0) is 17.1. The Hall–Kier alpha value is -1.92. The summed E-state index contributed by atoms with van der Waals surface area (Å²) in [6.07, 6.45) is 3.65. The monoisotopic (exact) mass is 345 g/mol. The first kappa shape index (κ1) is 16.9. The van der Waals surface area contributed by atoms with Crippen LogP contribution < -0.4 is 15.8 Å². The molecule has 2 aromatic rings. The highest BCUT2D eigenvalue weighted by Gasteiger charge is 2.26.